The molecule has 0 spiro atoms. The molecule has 1 amide bonds. The number of allylic oxidation sites excluding steroid dienone is 2. The van der Waals surface area contributed by atoms with E-state index in [4.69, 9.17) is 4.74 Å². The fourth-order valence-corrected chi connectivity index (χ4v) is 12.8. The third kappa shape index (κ3) is 4.58. The lowest BCUT2D eigenvalue weighted by Crippen LogP contribution is -2.68. The largest absolute Gasteiger partial charge is 0.495 e. The number of fused-ring (bicyclic) bond motifs is 7. The van der Waals surface area contributed by atoms with Crippen LogP contribution < -0.4 is 9.64 Å². The molecule has 6 nitrogen and oxygen atoms in total. The molecule has 1 aliphatic heterocycles. The number of aliphatic hydroxyl groups is 1. The summed E-state index contributed by atoms with van der Waals surface area (Å²) in [7, 11) is 1.72. The average molecular weight is 645 g/mol. The summed E-state index contributed by atoms with van der Waals surface area (Å²) in [5.74, 6) is 1.81. The van der Waals surface area contributed by atoms with Crippen molar-refractivity contribution in [1.29, 1.82) is 0 Å². The lowest BCUT2D eigenvalue weighted by atomic mass is 9.33. The summed E-state index contributed by atoms with van der Waals surface area (Å²) in [6.07, 6.45) is 10.5. The van der Waals surface area contributed by atoms with Crippen molar-refractivity contribution in [1.82, 2.24) is 4.90 Å². The second-order valence-electron chi connectivity index (χ2n) is 18.6. The standard InChI is InChI=1S/C41H60N2O4/c1-36(2)15-14-33(45)41(7)32(36)13-16-40(6)34(41)30(44)25-27-28-26-38(4,18-17-37(28,3)19-20-39(27,40)5)35(46)43-23-21-42(22-24-43)29-11-9-10-12-31(29)47-8/h9-12,25,28,32-34,45H,13-24,26H2,1-8H3/t28-,32?,33?,34?,37+,38?,39+,40+,41+/m0/s1. The molecule has 4 saturated carbocycles. The van der Waals surface area contributed by atoms with Gasteiger partial charge in [0.2, 0.25) is 5.91 Å². The van der Waals surface area contributed by atoms with Gasteiger partial charge in [0, 0.05) is 42.9 Å². The minimum atomic E-state index is -0.444. The fraction of sp³-hybridized carbons (Fsp3) is 0.756. The minimum absolute atomic E-state index is 0.102. The van der Waals surface area contributed by atoms with Gasteiger partial charge in [0.05, 0.1) is 18.9 Å². The highest BCUT2D eigenvalue weighted by molar-refractivity contribution is 5.96. The Morgan fingerprint density at radius 1 is 0.872 bits per heavy atom. The number of ether oxygens (including phenoxy) is 1. The van der Waals surface area contributed by atoms with E-state index in [9.17, 15) is 14.7 Å². The number of methoxy groups -OCH3 is 1. The molecule has 5 aliphatic carbocycles. The van der Waals surface area contributed by atoms with Crippen molar-refractivity contribution in [2.45, 2.75) is 112 Å². The van der Waals surface area contributed by atoms with Gasteiger partial charge in [-0.05, 0) is 109 Å². The monoisotopic (exact) mass is 644 g/mol. The number of aliphatic hydroxyl groups excluding tert-OH is 1. The Hall–Kier alpha value is -2.34. The Bertz CT molecular complexity index is 1480. The normalized spacial score (nSPS) is 44.4. The van der Waals surface area contributed by atoms with Crippen LogP contribution in [-0.2, 0) is 9.59 Å². The van der Waals surface area contributed by atoms with E-state index in [0.29, 0.717) is 24.9 Å². The predicted molar refractivity (Wildman–Crippen MR) is 187 cm³/mol. The molecule has 6 aliphatic rings. The molecule has 5 fully saturated rings. The SMILES string of the molecule is COc1ccccc1N1CCN(C(=O)C2(C)CC[C@]3(C)CC[C@]4(C)C(=CC(=O)C5[C@@]6(C)C(O)CCC(C)(C)C6CC[C@]54C)[C@@H]3C2)CC1. The van der Waals surface area contributed by atoms with Gasteiger partial charge in [0.1, 0.15) is 5.75 Å². The van der Waals surface area contributed by atoms with Gasteiger partial charge in [-0.2, -0.15) is 0 Å². The van der Waals surface area contributed by atoms with Gasteiger partial charge in [0.25, 0.3) is 0 Å². The minimum Gasteiger partial charge on any atom is -0.495 e. The van der Waals surface area contributed by atoms with E-state index in [1.165, 1.54) is 5.57 Å². The van der Waals surface area contributed by atoms with E-state index in [0.717, 1.165) is 82.3 Å². The smallest absolute Gasteiger partial charge is 0.228 e. The first-order chi connectivity index (χ1) is 22.0. The zero-order valence-electron chi connectivity index (χ0n) is 30.5. The molecule has 4 unspecified atom stereocenters. The maximum atomic E-state index is 14.7. The van der Waals surface area contributed by atoms with E-state index < -0.39 is 16.9 Å². The molecule has 47 heavy (non-hydrogen) atoms. The van der Waals surface area contributed by atoms with Gasteiger partial charge in [-0.15, -0.1) is 0 Å². The third-order valence-corrected chi connectivity index (χ3v) is 16.0. The van der Waals surface area contributed by atoms with Gasteiger partial charge in [-0.25, -0.2) is 0 Å². The van der Waals surface area contributed by atoms with Crippen molar-refractivity contribution in [2.24, 2.45) is 50.2 Å². The van der Waals surface area contributed by atoms with Crippen molar-refractivity contribution in [3.63, 3.8) is 0 Å². The van der Waals surface area contributed by atoms with Crippen LogP contribution in [-0.4, -0.2) is 61.1 Å². The van der Waals surface area contributed by atoms with Crippen LogP contribution in [0.15, 0.2) is 35.9 Å². The van der Waals surface area contributed by atoms with E-state index in [1.807, 2.05) is 18.2 Å². The zero-order valence-corrected chi connectivity index (χ0v) is 30.5. The van der Waals surface area contributed by atoms with Gasteiger partial charge in [-0.3, -0.25) is 9.59 Å². The molecule has 6 heteroatoms. The van der Waals surface area contributed by atoms with Crippen molar-refractivity contribution in [3.8, 4) is 5.75 Å². The molecule has 0 radical (unpaired) electrons. The number of anilines is 1. The first-order valence-corrected chi connectivity index (χ1v) is 18.7. The number of carbonyl (C=O) groups excluding carboxylic acids is 2. The third-order valence-electron chi connectivity index (χ3n) is 16.0. The Kier molecular flexibility index (Phi) is 7.64. The second-order valence-corrected chi connectivity index (χ2v) is 18.6. The van der Waals surface area contributed by atoms with E-state index in [-0.39, 0.29) is 39.3 Å². The number of benzene rings is 1. The molecule has 1 aromatic carbocycles. The number of ketones is 1. The maximum absolute atomic E-state index is 14.7. The Morgan fingerprint density at radius 2 is 1.55 bits per heavy atom. The molecule has 0 bridgehead atoms. The zero-order chi connectivity index (χ0) is 33.8. The first-order valence-electron chi connectivity index (χ1n) is 18.7. The molecule has 7 rings (SSSR count). The first kappa shape index (κ1) is 33.2. The molecular formula is C41H60N2O4. The fourth-order valence-electron chi connectivity index (χ4n) is 12.8. The summed E-state index contributed by atoms with van der Waals surface area (Å²) < 4.78 is 5.62. The highest BCUT2D eigenvalue weighted by Crippen LogP contribution is 2.75. The Labute approximate surface area is 283 Å². The van der Waals surface area contributed by atoms with Crippen LogP contribution in [0.25, 0.3) is 0 Å². The quantitative estimate of drug-likeness (QED) is 0.366. The van der Waals surface area contributed by atoms with Crippen molar-refractivity contribution in [3.05, 3.63) is 35.9 Å². The van der Waals surface area contributed by atoms with Crippen molar-refractivity contribution in [2.75, 3.05) is 38.2 Å². The van der Waals surface area contributed by atoms with E-state index >= 15 is 0 Å². The summed E-state index contributed by atoms with van der Waals surface area (Å²) in [4.78, 5) is 33.6. The van der Waals surface area contributed by atoms with Crippen LogP contribution in [0.4, 0.5) is 5.69 Å². The van der Waals surface area contributed by atoms with Gasteiger partial charge in [-0.1, -0.05) is 66.2 Å². The summed E-state index contributed by atoms with van der Waals surface area (Å²) in [5.41, 5.74) is 1.47. The lowest BCUT2D eigenvalue weighted by Gasteiger charge is -2.70. The Morgan fingerprint density at radius 3 is 2.26 bits per heavy atom. The molecule has 1 aromatic rings. The number of para-hydroxylation sites is 2. The summed E-state index contributed by atoms with van der Waals surface area (Å²) in [6, 6.07) is 8.15. The molecule has 1 saturated heterocycles. The van der Waals surface area contributed by atoms with Crippen LogP contribution in [0.2, 0.25) is 0 Å². The molecular weight excluding hydrogens is 584 g/mol. The molecule has 1 N–H and O–H groups in total. The number of hydrogen-bond donors (Lipinski definition) is 1. The van der Waals surface area contributed by atoms with Crippen molar-refractivity contribution < 1.29 is 19.4 Å². The van der Waals surface area contributed by atoms with Crippen LogP contribution >= 0.6 is 0 Å². The van der Waals surface area contributed by atoms with Gasteiger partial charge < -0.3 is 19.6 Å². The number of nitrogens with zero attached hydrogens (tertiary/aromatic N) is 2. The highest BCUT2D eigenvalue weighted by atomic mass is 16.5. The number of amides is 1. The van der Waals surface area contributed by atoms with Crippen LogP contribution in [0.5, 0.6) is 5.75 Å². The summed E-state index contributed by atoms with van der Waals surface area (Å²) in [6.45, 7) is 19.6. The predicted octanol–water partition coefficient (Wildman–Crippen LogP) is 7.69. The molecule has 9 atom stereocenters. The second kappa shape index (κ2) is 10.8. The molecule has 258 valence electrons. The lowest BCUT2D eigenvalue weighted by molar-refractivity contribution is -0.215. The molecule has 1 heterocycles. The Balaban J connectivity index is 1.17. The van der Waals surface area contributed by atoms with Crippen molar-refractivity contribution >= 4 is 17.4 Å². The summed E-state index contributed by atoms with van der Waals surface area (Å²) >= 11 is 0. The van der Waals surface area contributed by atoms with Crippen LogP contribution in [0, 0.1) is 50.2 Å². The number of piperazine rings is 1. The number of hydrogen-bond acceptors (Lipinski definition) is 5. The maximum Gasteiger partial charge on any atom is 0.228 e. The number of carbonyl (C=O) groups is 2. The molecule has 0 aromatic heterocycles. The van der Waals surface area contributed by atoms with Crippen LogP contribution in [0.3, 0.4) is 0 Å². The van der Waals surface area contributed by atoms with Gasteiger partial charge >= 0.3 is 0 Å². The van der Waals surface area contributed by atoms with E-state index in [1.54, 1.807) is 7.11 Å². The highest BCUT2D eigenvalue weighted by Gasteiger charge is 2.71. The number of rotatable bonds is 3. The summed E-state index contributed by atoms with van der Waals surface area (Å²) in [5, 5.41) is 11.7. The van der Waals surface area contributed by atoms with Gasteiger partial charge in [0.15, 0.2) is 5.78 Å². The average Bonchev–Trinajstić information content (AvgIpc) is 3.04. The van der Waals surface area contributed by atoms with E-state index in [2.05, 4.69) is 70.4 Å². The topological polar surface area (TPSA) is 70.1 Å². The van der Waals surface area contributed by atoms with Crippen LogP contribution in [0.1, 0.15) is 106 Å².